The number of aromatic nitrogens is 1. The number of rotatable bonds is 2. The largest absolute Gasteiger partial charge is 0.478 e. The highest BCUT2D eigenvalue weighted by Gasteiger charge is 2.11. The van der Waals surface area contributed by atoms with Crippen molar-refractivity contribution in [2.45, 2.75) is 13.8 Å². The van der Waals surface area contributed by atoms with E-state index in [4.69, 9.17) is 5.11 Å². The van der Waals surface area contributed by atoms with Gasteiger partial charge in [-0.3, -0.25) is 9.36 Å². The molecule has 4 nitrogen and oxygen atoms in total. The Morgan fingerprint density at radius 2 is 1.95 bits per heavy atom. The summed E-state index contributed by atoms with van der Waals surface area (Å²) in [6.07, 6.45) is 1.34. The first-order valence-electron chi connectivity index (χ1n) is 5.63. The van der Waals surface area contributed by atoms with Crippen LogP contribution in [0.15, 0.2) is 39.7 Å². The van der Waals surface area contributed by atoms with E-state index in [1.165, 1.54) is 22.9 Å². The van der Waals surface area contributed by atoms with Gasteiger partial charge in [0.05, 0.1) is 11.3 Å². The minimum absolute atomic E-state index is 0.0754. The van der Waals surface area contributed by atoms with E-state index in [0.29, 0.717) is 5.69 Å². The minimum atomic E-state index is -1.06. The zero-order valence-electron chi connectivity index (χ0n) is 10.5. The fraction of sp³-hybridized carbons (Fsp3) is 0.143. The SMILES string of the molecule is Cc1cc(C)c(-n2cc(C(=O)O)ccc2=O)c(Br)c1. The number of aryl methyl sites for hydroxylation is 2. The lowest BCUT2D eigenvalue weighted by Crippen LogP contribution is -2.19. The Balaban J connectivity index is 2.75. The van der Waals surface area contributed by atoms with Crippen molar-refractivity contribution in [1.29, 1.82) is 0 Å². The fourth-order valence-corrected chi connectivity index (χ4v) is 2.87. The van der Waals surface area contributed by atoms with Gasteiger partial charge in [0.1, 0.15) is 0 Å². The maximum atomic E-state index is 11.9. The number of halogens is 1. The normalized spacial score (nSPS) is 10.5. The summed E-state index contributed by atoms with van der Waals surface area (Å²) in [5.41, 5.74) is 2.44. The first kappa shape index (κ1) is 13.5. The van der Waals surface area contributed by atoms with Gasteiger partial charge in [0.15, 0.2) is 0 Å². The Kier molecular flexibility index (Phi) is 3.57. The maximum absolute atomic E-state index is 11.9. The zero-order chi connectivity index (χ0) is 14.2. The molecule has 0 unspecified atom stereocenters. The molecule has 0 spiro atoms. The van der Waals surface area contributed by atoms with E-state index >= 15 is 0 Å². The number of hydrogen-bond acceptors (Lipinski definition) is 2. The number of aromatic carboxylic acids is 1. The summed E-state index contributed by atoms with van der Waals surface area (Å²) in [7, 11) is 0. The molecular weight excluding hydrogens is 310 g/mol. The van der Waals surface area contributed by atoms with Crippen LogP contribution in [-0.2, 0) is 0 Å². The number of benzene rings is 1. The quantitative estimate of drug-likeness (QED) is 0.925. The van der Waals surface area contributed by atoms with Crippen LogP contribution in [0.1, 0.15) is 21.5 Å². The number of carboxylic acids is 1. The van der Waals surface area contributed by atoms with Gasteiger partial charge in [0, 0.05) is 16.7 Å². The van der Waals surface area contributed by atoms with Crippen LogP contribution < -0.4 is 5.56 Å². The third-order valence-electron chi connectivity index (χ3n) is 2.80. The number of carbonyl (C=O) groups is 1. The molecule has 0 saturated carbocycles. The summed E-state index contributed by atoms with van der Waals surface area (Å²) >= 11 is 3.42. The van der Waals surface area contributed by atoms with Crippen molar-refractivity contribution < 1.29 is 9.90 Å². The molecule has 1 N–H and O–H groups in total. The number of hydrogen-bond donors (Lipinski definition) is 1. The Hall–Kier alpha value is -1.88. The molecule has 0 aliphatic carbocycles. The van der Waals surface area contributed by atoms with Crippen LogP contribution >= 0.6 is 15.9 Å². The van der Waals surface area contributed by atoms with Gasteiger partial charge in [-0.2, -0.15) is 0 Å². The van der Waals surface area contributed by atoms with Gasteiger partial charge in [0.2, 0.25) is 0 Å². The van der Waals surface area contributed by atoms with E-state index in [1.54, 1.807) is 0 Å². The lowest BCUT2D eigenvalue weighted by molar-refractivity contribution is 0.0696. The van der Waals surface area contributed by atoms with E-state index < -0.39 is 5.97 Å². The van der Waals surface area contributed by atoms with Crippen LogP contribution in [-0.4, -0.2) is 15.6 Å². The van der Waals surface area contributed by atoms with Crippen molar-refractivity contribution in [3.8, 4) is 5.69 Å². The predicted molar refractivity (Wildman–Crippen MR) is 76.2 cm³/mol. The van der Waals surface area contributed by atoms with Gasteiger partial charge >= 0.3 is 5.97 Å². The maximum Gasteiger partial charge on any atom is 0.337 e. The highest BCUT2D eigenvalue weighted by Crippen LogP contribution is 2.25. The van der Waals surface area contributed by atoms with E-state index in [1.807, 2.05) is 26.0 Å². The molecule has 2 aromatic rings. The lowest BCUT2D eigenvalue weighted by atomic mass is 10.1. The van der Waals surface area contributed by atoms with Crippen LogP contribution in [0.5, 0.6) is 0 Å². The molecule has 0 aliphatic rings. The molecule has 1 aromatic heterocycles. The molecule has 5 heteroatoms. The third kappa shape index (κ3) is 2.61. The average molecular weight is 322 g/mol. The number of nitrogens with zero attached hydrogens (tertiary/aromatic N) is 1. The number of pyridine rings is 1. The molecule has 0 radical (unpaired) electrons. The van der Waals surface area contributed by atoms with E-state index in [0.717, 1.165) is 15.6 Å². The van der Waals surface area contributed by atoms with Crippen LogP contribution in [0.3, 0.4) is 0 Å². The molecule has 0 amide bonds. The van der Waals surface area contributed by atoms with Crippen molar-refractivity contribution in [3.05, 3.63) is 62.0 Å². The van der Waals surface area contributed by atoms with Crippen LogP contribution in [0.25, 0.3) is 5.69 Å². The Morgan fingerprint density at radius 1 is 1.26 bits per heavy atom. The fourth-order valence-electron chi connectivity index (χ4n) is 2.00. The summed E-state index contributed by atoms with van der Waals surface area (Å²) < 4.78 is 2.11. The van der Waals surface area contributed by atoms with Crippen LogP contribution in [0, 0.1) is 13.8 Å². The smallest absolute Gasteiger partial charge is 0.337 e. The zero-order valence-corrected chi connectivity index (χ0v) is 12.1. The first-order valence-corrected chi connectivity index (χ1v) is 6.42. The van der Waals surface area contributed by atoms with Gasteiger partial charge in [0.25, 0.3) is 5.56 Å². The summed E-state index contributed by atoms with van der Waals surface area (Å²) in [5.74, 6) is -1.06. The van der Waals surface area contributed by atoms with Crippen molar-refractivity contribution in [1.82, 2.24) is 4.57 Å². The third-order valence-corrected chi connectivity index (χ3v) is 3.40. The molecule has 0 fully saturated rings. The summed E-state index contributed by atoms with van der Waals surface area (Å²) in [4.78, 5) is 22.9. The van der Waals surface area contributed by atoms with Gasteiger partial charge in [-0.25, -0.2) is 4.79 Å². The Morgan fingerprint density at radius 3 is 2.53 bits per heavy atom. The molecular formula is C14H12BrNO3. The predicted octanol–water partition coefficient (Wildman–Crippen LogP) is 2.92. The summed E-state index contributed by atoms with van der Waals surface area (Å²) in [6, 6.07) is 6.40. The standard InChI is InChI=1S/C14H12BrNO3/c1-8-5-9(2)13(11(15)6-8)16-7-10(14(18)19)3-4-12(16)17/h3-7H,1-2H3,(H,18,19). The molecule has 1 heterocycles. The minimum Gasteiger partial charge on any atom is -0.478 e. The Labute approximate surface area is 118 Å². The van der Waals surface area contributed by atoms with Crippen LogP contribution in [0.2, 0.25) is 0 Å². The van der Waals surface area contributed by atoms with Gasteiger partial charge in [-0.05, 0) is 53.0 Å². The van der Waals surface area contributed by atoms with E-state index in [2.05, 4.69) is 15.9 Å². The molecule has 0 saturated heterocycles. The highest BCUT2D eigenvalue weighted by molar-refractivity contribution is 9.10. The van der Waals surface area contributed by atoms with Crippen molar-refractivity contribution in [2.24, 2.45) is 0 Å². The van der Waals surface area contributed by atoms with Crippen molar-refractivity contribution >= 4 is 21.9 Å². The van der Waals surface area contributed by atoms with E-state index in [9.17, 15) is 9.59 Å². The molecule has 1 aromatic carbocycles. The van der Waals surface area contributed by atoms with Gasteiger partial charge < -0.3 is 5.11 Å². The van der Waals surface area contributed by atoms with Crippen molar-refractivity contribution in [3.63, 3.8) is 0 Å². The van der Waals surface area contributed by atoms with Crippen molar-refractivity contribution in [2.75, 3.05) is 0 Å². The molecule has 0 atom stereocenters. The van der Waals surface area contributed by atoms with Crippen LogP contribution in [0.4, 0.5) is 0 Å². The molecule has 0 aliphatic heterocycles. The van der Waals surface area contributed by atoms with Gasteiger partial charge in [-0.1, -0.05) is 6.07 Å². The molecule has 19 heavy (non-hydrogen) atoms. The summed E-state index contributed by atoms with van der Waals surface area (Å²) in [6.45, 7) is 3.84. The monoisotopic (exact) mass is 321 g/mol. The molecule has 98 valence electrons. The second-order valence-corrected chi connectivity index (χ2v) is 5.20. The molecule has 0 bridgehead atoms. The number of carboxylic acid groups (broad SMARTS) is 1. The van der Waals surface area contributed by atoms with Gasteiger partial charge in [-0.15, -0.1) is 0 Å². The first-order chi connectivity index (χ1) is 8.90. The van der Waals surface area contributed by atoms with E-state index in [-0.39, 0.29) is 11.1 Å². The average Bonchev–Trinajstić information content (AvgIpc) is 2.29. The Bertz CT molecular complexity index is 696. The topological polar surface area (TPSA) is 59.3 Å². The lowest BCUT2D eigenvalue weighted by Gasteiger charge is -2.13. The summed E-state index contributed by atoms with van der Waals surface area (Å²) in [5, 5.41) is 9.00. The second-order valence-electron chi connectivity index (χ2n) is 4.34. The second kappa shape index (κ2) is 5.01. The molecule has 2 rings (SSSR count). The highest BCUT2D eigenvalue weighted by atomic mass is 79.9.